The van der Waals surface area contributed by atoms with Gasteiger partial charge in [0.15, 0.2) is 0 Å². The Labute approximate surface area is 159 Å². The number of carbonyl (C=O) groups is 1. The molecular formula is C21H17BrO2S. The predicted molar refractivity (Wildman–Crippen MR) is 105 cm³/mol. The van der Waals surface area contributed by atoms with E-state index in [0.717, 1.165) is 39.7 Å². The number of aryl methyl sites for hydroxylation is 1. The highest BCUT2D eigenvalue weighted by atomic mass is 79.9. The third-order valence-electron chi connectivity index (χ3n) is 4.44. The second kappa shape index (κ2) is 7.14. The van der Waals surface area contributed by atoms with E-state index in [-0.39, 0.29) is 5.97 Å². The van der Waals surface area contributed by atoms with Crippen LogP contribution in [0.5, 0.6) is 5.75 Å². The molecule has 4 heteroatoms. The summed E-state index contributed by atoms with van der Waals surface area (Å²) in [4.78, 5) is 15.4. The van der Waals surface area contributed by atoms with Crippen molar-refractivity contribution in [3.05, 3.63) is 75.1 Å². The van der Waals surface area contributed by atoms with Crippen molar-refractivity contribution in [3.8, 4) is 16.2 Å². The maximum Gasteiger partial charge on any atom is 0.345 e. The number of fused-ring (bicyclic) bond motifs is 1. The molecule has 0 spiro atoms. The van der Waals surface area contributed by atoms with E-state index in [1.54, 1.807) is 11.3 Å². The second-order valence-electron chi connectivity index (χ2n) is 6.12. The molecule has 2 nitrogen and oxygen atoms in total. The van der Waals surface area contributed by atoms with Gasteiger partial charge in [-0.2, -0.15) is 0 Å². The van der Waals surface area contributed by atoms with Crippen LogP contribution in [-0.4, -0.2) is 5.97 Å². The summed E-state index contributed by atoms with van der Waals surface area (Å²) in [6.45, 7) is 0. The molecule has 1 aromatic heterocycles. The van der Waals surface area contributed by atoms with Crippen molar-refractivity contribution in [2.75, 3.05) is 0 Å². The number of thiophene rings is 1. The van der Waals surface area contributed by atoms with Crippen LogP contribution in [0.4, 0.5) is 0 Å². The lowest BCUT2D eigenvalue weighted by atomic mass is 9.94. The van der Waals surface area contributed by atoms with Crippen molar-refractivity contribution in [1.29, 1.82) is 0 Å². The van der Waals surface area contributed by atoms with Gasteiger partial charge < -0.3 is 4.74 Å². The Morgan fingerprint density at radius 3 is 2.44 bits per heavy atom. The van der Waals surface area contributed by atoms with Gasteiger partial charge in [-0.25, -0.2) is 4.79 Å². The van der Waals surface area contributed by atoms with Gasteiger partial charge in [-0.15, -0.1) is 11.3 Å². The van der Waals surface area contributed by atoms with Crippen LogP contribution in [0.3, 0.4) is 0 Å². The molecule has 3 aromatic rings. The third kappa shape index (κ3) is 3.42. The Balaban J connectivity index is 1.75. The molecule has 0 radical (unpaired) electrons. The molecule has 1 aliphatic rings. The Hall–Kier alpha value is -1.91. The standard InChI is InChI=1S/C21H17BrO2S/c22-15-10-12-16(13-11-15)24-21(23)19-17-8-4-5-9-18(17)25-20(19)14-6-2-1-3-7-14/h1-3,6-7,10-13H,4-5,8-9H2. The highest BCUT2D eigenvalue weighted by Crippen LogP contribution is 2.40. The van der Waals surface area contributed by atoms with Gasteiger partial charge in [0.05, 0.1) is 5.56 Å². The topological polar surface area (TPSA) is 26.3 Å². The van der Waals surface area contributed by atoms with Crippen molar-refractivity contribution in [3.63, 3.8) is 0 Å². The van der Waals surface area contributed by atoms with E-state index in [0.29, 0.717) is 5.75 Å². The Morgan fingerprint density at radius 2 is 1.68 bits per heavy atom. The number of hydrogen-bond acceptors (Lipinski definition) is 3. The molecule has 126 valence electrons. The van der Waals surface area contributed by atoms with E-state index < -0.39 is 0 Å². The van der Waals surface area contributed by atoms with Gasteiger partial charge >= 0.3 is 5.97 Å². The molecule has 0 unspecified atom stereocenters. The Kier molecular flexibility index (Phi) is 4.73. The first kappa shape index (κ1) is 16.6. The van der Waals surface area contributed by atoms with E-state index in [4.69, 9.17) is 4.74 Å². The highest BCUT2D eigenvalue weighted by Gasteiger charge is 2.27. The van der Waals surface area contributed by atoms with Gasteiger partial charge in [-0.1, -0.05) is 46.3 Å². The molecule has 0 fully saturated rings. The van der Waals surface area contributed by atoms with Crippen molar-refractivity contribution in [1.82, 2.24) is 0 Å². The molecule has 0 bridgehead atoms. The summed E-state index contributed by atoms with van der Waals surface area (Å²) in [5, 5.41) is 0. The number of carbonyl (C=O) groups excluding carboxylic acids is 1. The van der Waals surface area contributed by atoms with Crippen molar-refractivity contribution in [2.45, 2.75) is 25.7 Å². The maximum absolute atomic E-state index is 13.0. The van der Waals surface area contributed by atoms with Crippen LogP contribution >= 0.6 is 27.3 Å². The van der Waals surface area contributed by atoms with E-state index >= 15 is 0 Å². The van der Waals surface area contributed by atoms with Crippen LogP contribution in [-0.2, 0) is 12.8 Å². The van der Waals surface area contributed by atoms with E-state index in [1.807, 2.05) is 42.5 Å². The monoisotopic (exact) mass is 412 g/mol. The minimum Gasteiger partial charge on any atom is -0.423 e. The number of esters is 1. The lowest BCUT2D eigenvalue weighted by Gasteiger charge is -2.13. The average Bonchev–Trinajstić information content (AvgIpc) is 3.04. The normalized spacial score (nSPS) is 13.3. The lowest BCUT2D eigenvalue weighted by Crippen LogP contribution is -2.13. The van der Waals surface area contributed by atoms with Crippen LogP contribution in [0, 0.1) is 0 Å². The van der Waals surface area contributed by atoms with E-state index in [1.165, 1.54) is 16.9 Å². The van der Waals surface area contributed by atoms with Gasteiger partial charge in [-0.05, 0) is 61.1 Å². The predicted octanol–water partition coefficient (Wildman–Crippen LogP) is 6.28. The number of rotatable bonds is 3. The summed E-state index contributed by atoms with van der Waals surface area (Å²) in [5.74, 6) is 0.323. The summed E-state index contributed by atoms with van der Waals surface area (Å²) in [6, 6.07) is 17.5. The van der Waals surface area contributed by atoms with Crippen LogP contribution in [0.15, 0.2) is 59.1 Å². The fourth-order valence-electron chi connectivity index (χ4n) is 3.24. The van der Waals surface area contributed by atoms with Gasteiger partial charge in [0, 0.05) is 14.2 Å². The molecule has 0 atom stereocenters. The summed E-state index contributed by atoms with van der Waals surface area (Å²) < 4.78 is 6.65. The first-order chi connectivity index (χ1) is 12.2. The largest absolute Gasteiger partial charge is 0.423 e. The first-order valence-corrected chi connectivity index (χ1v) is 10.0. The number of benzene rings is 2. The summed E-state index contributed by atoms with van der Waals surface area (Å²) in [6.07, 6.45) is 4.36. The molecular weight excluding hydrogens is 396 g/mol. The van der Waals surface area contributed by atoms with Crippen molar-refractivity contribution in [2.24, 2.45) is 0 Å². The SMILES string of the molecule is O=C(Oc1ccc(Br)cc1)c1c(-c2ccccc2)sc2c1CCCC2. The van der Waals surface area contributed by atoms with E-state index in [2.05, 4.69) is 28.1 Å². The molecule has 0 aliphatic heterocycles. The molecule has 4 rings (SSSR count). The third-order valence-corrected chi connectivity index (χ3v) is 6.31. The second-order valence-corrected chi connectivity index (χ2v) is 8.15. The molecule has 0 saturated heterocycles. The molecule has 0 amide bonds. The zero-order valence-electron chi connectivity index (χ0n) is 13.6. The summed E-state index contributed by atoms with van der Waals surface area (Å²) in [7, 11) is 0. The number of hydrogen-bond donors (Lipinski definition) is 0. The summed E-state index contributed by atoms with van der Waals surface area (Å²) in [5.41, 5.74) is 3.04. The molecule has 1 aliphatic carbocycles. The fourth-order valence-corrected chi connectivity index (χ4v) is 4.88. The molecule has 0 saturated carbocycles. The van der Waals surface area contributed by atoms with Crippen LogP contribution in [0.1, 0.15) is 33.6 Å². The van der Waals surface area contributed by atoms with E-state index in [9.17, 15) is 4.79 Å². The maximum atomic E-state index is 13.0. The fraction of sp³-hybridized carbons (Fsp3) is 0.190. The molecule has 0 N–H and O–H groups in total. The van der Waals surface area contributed by atoms with Gasteiger partial charge in [0.2, 0.25) is 0 Å². The quantitative estimate of drug-likeness (QED) is 0.373. The van der Waals surface area contributed by atoms with Crippen LogP contribution < -0.4 is 4.74 Å². The smallest absolute Gasteiger partial charge is 0.345 e. The van der Waals surface area contributed by atoms with Gasteiger partial charge in [-0.3, -0.25) is 0 Å². The average molecular weight is 413 g/mol. The zero-order valence-corrected chi connectivity index (χ0v) is 16.0. The summed E-state index contributed by atoms with van der Waals surface area (Å²) >= 11 is 5.15. The van der Waals surface area contributed by atoms with Crippen molar-refractivity contribution < 1.29 is 9.53 Å². The highest BCUT2D eigenvalue weighted by molar-refractivity contribution is 9.10. The van der Waals surface area contributed by atoms with Crippen LogP contribution in [0.2, 0.25) is 0 Å². The molecule has 2 aromatic carbocycles. The van der Waals surface area contributed by atoms with Gasteiger partial charge in [0.1, 0.15) is 5.75 Å². The molecule has 25 heavy (non-hydrogen) atoms. The Morgan fingerprint density at radius 1 is 0.960 bits per heavy atom. The lowest BCUT2D eigenvalue weighted by molar-refractivity contribution is 0.0734. The Bertz CT molecular complexity index is 898. The van der Waals surface area contributed by atoms with Crippen LogP contribution in [0.25, 0.3) is 10.4 Å². The minimum absolute atomic E-state index is 0.249. The first-order valence-electron chi connectivity index (χ1n) is 8.40. The minimum atomic E-state index is -0.249. The number of halogens is 1. The van der Waals surface area contributed by atoms with Crippen molar-refractivity contribution >= 4 is 33.2 Å². The number of ether oxygens (including phenoxy) is 1. The zero-order chi connectivity index (χ0) is 17.2. The van der Waals surface area contributed by atoms with Gasteiger partial charge in [0.25, 0.3) is 0 Å². The molecule has 1 heterocycles.